The van der Waals surface area contributed by atoms with Gasteiger partial charge in [0.15, 0.2) is 11.5 Å². The molecule has 0 saturated heterocycles. The summed E-state index contributed by atoms with van der Waals surface area (Å²) in [5.74, 6) is 0.797. The van der Waals surface area contributed by atoms with E-state index in [1.54, 1.807) is 0 Å². The fraction of sp³-hybridized carbons (Fsp3) is 0.304. The van der Waals surface area contributed by atoms with Gasteiger partial charge in [-0.25, -0.2) is 9.67 Å². The molecule has 3 heterocycles. The molecule has 1 aliphatic carbocycles. The summed E-state index contributed by atoms with van der Waals surface area (Å²) >= 11 is 0. The minimum Gasteiger partial charge on any atom is -0.305 e. The lowest BCUT2D eigenvalue weighted by Crippen LogP contribution is -2.14. The number of aryl methyl sites for hydroxylation is 2. The number of nitrogens with zero attached hydrogens (tertiary/aromatic N) is 5. The van der Waals surface area contributed by atoms with E-state index in [0.29, 0.717) is 17.3 Å². The van der Waals surface area contributed by atoms with Gasteiger partial charge in [-0.15, -0.1) is 0 Å². The minimum atomic E-state index is -0.179. The fourth-order valence-corrected chi connectivity index (χ4v) is 3.79. The Balaban J connectivity index is 1.60. The third-order valence-corrected chi connectivity index (χ3v) is 5.41. The molecule has 0 aliphatic heterocycles. The Morgan fingerprint density at radius 3 is 2.70 bits per heavy atom. The van der Waals surface area contributed by atoms with Crippen LogP contribution in [0.4, 0.5) is 5.82 Å². The first-order valence-corrected chi connectivity index (χ1v) is 10.4. The van der Waals surface area contributed by atoms with Crippen molar-refractivity contribution in [3.8, 4) is 5.69 Å². The maximum atomic E-state index is 13.3. The zero-order valence-corrected chi connectivity index (χ0v) is 17.2. The van der Waals surface area contributed by atoms with Crippen LogP contribution in [-0.2, 0) is 6.54 Å². The molecule has 4 aromatic rings. The lowest BCUT2D eigenvalue weighted by molar-refractivity contribution is 0.102. The van der Waals surface area contributed by atoms with Crippen LogP contribution in [0.3, 0.4) is 0 Å². The summed E-state index contributed by atoms with van der Waals surface area (Å²) in [4.78, 5) is 18.2. The van der Waals surface area contributed by atoms with E-state index in [9.17, 15) is 4.79 Å². The molecule has 0 atom stereocenters. The van der Waals surface area contributed by atoms with Crippen LogP contribution in [0.25, 0.3) is 16.7 Å². The van der Waals surface area contributed by atoms with Crippen molar-refractivity contribution in [3.63, 3.8) is 0 Å². The van der Waals surface area contributed by atoms with Crippen LogP contribution in [0.1, 0.15) is 53.8 Å². The van der Waals surface area contributed by atoms with Crippen molar-refractivity contribution in [2.24, 2.45) is 0 Å². The number of carbonyl (C=O) groups excluding carboxylic acids is 1. The number of rotatable bonds is 6. The van der Waals surface area contributed by atoms with Crippen LogP contribution in [-0.4, -0.2) is 30.5 Å². The van der Waals surface area contributed by atoms with E-state index in [1.807, 2.05) is 64.9 Å². The van der Waals surface area contributed by atoms with E-state index in [2.05, 4.69) is 17.3 Å². The lowest BCUT2D eigenvalue weighted by Gasteiger charge is -2.09. The summed E-state index contributed by atoms with van der Waals surface area (Å²) in [6.45, 7) is 4.84. The van der Waals surface area contributed by atoms with Crippen LogP contribution in [0, 0.1) is 6.92 Å². The predicted octanol–water partition coefficient (Wildman–Crippen LogP) is 4.47. The standard InChI is InChI=1S/C23H24N6O/c1-3-12-28-13-11-20(27-28)25-23(30)18-14-19(16-9-10-16)24-22-21(18)15(2)26-29(22)17-7-5-4-6-8-17/h4-8,11,13-14,16H,3,9-10,12H2,1-2H3,(H,25,27,30). The number of carbonyl (C=O) groups is 1. The van der Waals surface area contributed by atoms with Crippen LogP contribution < -0.4 is 5.32 Å². The molecule has 0 bridgehead atoms. The van der Waals surface area contributed by atoms with Gasteiger partial charge in [0.25, 0.3) is 5.91 Å². The average Bonchev–Trinajstić information content (AvgIpc) is 3.44. The zero-order chi connectivity index (χ0) is 20.7. The third-order valence-electron chi connectivity index (χ3n) is 5.41. The average molecular weight is 400 g/mol. The van der Waals surface area contributed by atoms with Gasteiger partial charge in [0.1, 0.15) is 0 Å². The first kappa shape index (κ1) is 18.5. The largest absolute Gasteiger partial charge is 0.305 e. The number of pyridine rings is 1. The molecular formula is C23H24N6O. The van der Waals surface area contributed by atoms with Crippen molar-refractivity contribution in [2.75, 3.05) is 5.32 Å². The van der Waals surface area contributed by atoms with Gasteiger partial charge in [-0.2, -0.15) is 10.2 Å². The van der Waals surface area contributed by atoms with E-state index >= 15 is 0 Å². The number of para-hydroxylation sites is 1. The Bertz CT molecular complexity index is 1220. The number of hydrogen-bond donors (Lipinski definition) is 1. The summed E-state index contributed by atoms with van der Waals surface area (Å²) < 4.78 is 3.68. The smallest absolute Gasteiger partial charge is 0.257 e. The molecule has 30 heavy (non-hydrogen) atoms. The molecule has 0 radical (unpaired) electrons. The summed E-state index contributed by atoms with van der Waals surface area (Å²) in [7, 11) is 0. The van der Waals surface area contributed by atoms with Gasteiger partial charge in [0.2, 0.25) is 0 Å². The van der Waals surface area contributed by atoms with Gasteiger partial charge in [0, 0.05) is 30.4 Å². The lowest BCUT2D eigenvalue weighted by atomic mass is 10.1. The monoisotopic (exact) mass is 400 g/mol. The van der Waals surface area contributed by atoms with Crippen LogP contribution in [0.15, 0.2) is 48.7 Å². The maximum absolute atomic E-state index is 13.3. The molecule has 7 nitrogen and oxygen atoms in total. The molecule has 0 spiro atoms. The second-order valence-electron chi connectivity index (χ2n) is 7.82. The van der Waals surface area contributed by atoms with Crippen molar-refractivity contribution in [1.82, 2.24) is 24.5 Å². The number of nitrogens with one attached hydrogen (secondary N) is 1. The molecule has 5 rings (SSSR count). The molecule has 0 unspecified atom stereocenters. The number of fused-ring (bicyclic) bond motifs is 1. The van der Waals surface area contributed by atoms with E-state index in [0.717, 1.165) is 53.9 Å². The summed E-state index contributed by atoms with van der Waals surface area (Å²) in [6, 6.07) is 13.7. The second kappa shape index (κ2) is 7.40. The first-order chi connectivity index (χ1) is 14.6. The molecule has 7 heteroatoms. The number of amides is 1. The van der Waals surface area contributed by atoms with Gasteiger partial charge in [0.05, 0.1) is 22.3 Å². The minimum absolute atomic E-state index is 0.179. The molecule has 1 aliphatic rings. The fourth-order valence-electron chi connectivity index (χ4n) is 3.79. The molecule has 1 N–H and O–H groups in total. The van der Waals surface area contributed by atoms with E-state index in [-0.39, 0.29) is 5.91 Å². The Morgan fingerprint density at radius 2 is 1.97 bits per heavy atom. The molecule has 1 fully saturated rings. The highest BCUT2D eigenvalue weighted by Gasteiger charge is 2.29. The topological polar surface area (TPSA) is 77.6 Å². The second-order valence-corrected chi connectivity index (χ2v) is 7.82. The van der Waals surface area contributed by atoms with Gasteiger partial charge >= 0.3 is 0 Å². The normalized spacial score (nSPS) is 13.7. The Hall–Kier alpha value is -3.48. The predicted molar refractivity (Wildman–Crippen MR) is 116 cm³/mol. The van der Waals surface area contributed by atoms with Crippen LogP contribution in [0.2, 0.25) is 0 Å². The summed E-state index contributed by atoms with van der Waals surface area (Å²) in [6.07, 6.45) is 5.09. The Kier molecular flexibility index (Phi) is 4.58. The van der Waals surface area contributed by atoms with Crippen molar-refractivity contribution in [1.29, 1.82) is 0 Å². The Morgan fingerprint density at radius 1 is 1.17 bits per heavy atom. The van der Waals surface area contributed by atoms with Crippen molar-refractivity contribution in [2.45, 2.75) is 45.6 Å². The van der Waals surface area contributed by atoms with Crippen LogP contribution >= 0.6 is 0 Å². The van der Waals surface area contributed by atoms with Crippen molar-refractivity contribution >= 4 is 22.8 Å². The maximum Gasteiger partial charge on any atom is 0.257 e. The number of aromatic nitrogens is 5. The highest BCUT2D eigenvalue weighted by Crippen LogP contribution is 2.40. The number of hydrogen-bond acceptors (Lipinski definition) is 4. The Labute approximate surface area is 174 Å². The van der Waals surface area contributed by atoms with Crippen molar-refractivity contribution in [3.05, 3.63) is 65.6 Å². The van der Waals surface area contributed by atoms with Crippen molar-refractivity contribution < 1.29 is 4.79 Å². The SMILES string of the molecule is CCCn1ccc(NC(=O)c2cc(C3CC3)nc3c2c(C)nn3-c2ccccc2)n1. The summed E-state index contributed by atoms with van der Waals surface area (Å²) in [5, 5.41) is 12.9. The van der Waals surface area contributed by atoms with Gasteiger partial charge in [-0.3, -0.25) is 9.48 Å². The van der Waals surface area contributed by atoms with Gasteiger partial charge in [-0.1, -0.05) is 25.1 Å². The quantitative estimate of drug-likeness (QED) is 0.518. The van der Waals surface area contributed by atoms with Crippen LogP contribution in [0.5, 0.6) is 0 Å². The van der Waals surface area contributed by atoms with E-state index < -0.39 is 0 Å². The molecule has 1 saturated carbocycles. The zero-order valence-electron chi connectivity index (χ0n) is 17.2. The number of anilines is 1. The van der Waals surface area contributed by atoms with E-state index in [4.69, 9.17) is 10.1 Å². The first-order valence-electron chi connectivity index (χ1n) is 10.4. The summed E-state index contributed by atoms with van der Waals surface area (Å²) in [5.41, 5.74) is 4.00. The highest BCUT2D eigenvalue weighted by molar-refractivity contribution is 6.12. The molecule has 152 valence electrons. The number of benzene rings is 1. The third kappa shape index (κ3) is 3.36. The molecule has 3 aromatic heterocycles. The van der Waals surface area contributed by atoms with E-state index in [1.165, 1.54) is 0 Å². The molecule has 1 aromatic carbocycles. The highest BCUT2D eigenvalue weighted by atomic mass is 16.1. The molecular weight excluding hydrogens is 376 g/mol. The van der Waals surface area contributed by atoms with Gasteiger partial charge < -0.3 is 5.32 Å². The molecule has 1 amide bonds. The van der Waals surface area contributed by atoms with Gasteiger partial charge in [-0.05, 0) is 44.4 Å².